The van der Waals surface area contributed by atoms with Crippen LogP contribution in [-0.2, 0) is 4.74 Å². The average molecular weight is 158 g/mol. The monoisotopic (exact) mass is 158 g/mol. The zero-order chi connectivity index (χ0) is 8.01. The van der Waals surface area contributed by atoms with E-state index in [-0.39, 0.29) is 18.8 Å². The van der Waals surface area contributed by atoms with Gasteiger partial charge in [-0.1, -0.05) is 0 Å². The number of fused-ring (bicyclic) bond motifs is 1. The Labute approximate surface area is 63.2 Å². The number of amides is 1. The number of nitrogens with zero attached hydrogens (tertiary/aromatic N) is 1. The second-order valence-electron chi connectivity index (χ2n) is 2.88. The molecule has 1 N–H and O–H groups in total. The molecule has 1 amide bonds. The van der Waals surface area contributed by atoms with Crippen LogP contribution in [0.3, 0.4) is 0 Å². The first-order valence-corrected chi connectivity index (χ1v) is 3.48. The number of hydrogen-bond donors (Lipinski definition) is 1. The molecular formula is C6H8NO4-. The fraction of sp³-hybridized carbons (Fsp3) is 0.833. The summed E-state index contributed by atoms with van der Waals surface area (Å²) < 4.78 is 4.99. The van der Waals surface area contributed by atoms with Crippen molar-refractivity contribution in [3.05, 3.63) is 0 Å². The summed E-state index contributed by atoms with van der Waals surface area (Å²) in [7, 11) is 0. The van der Waals surface area contributed by atoms with Crippen molar-refractivity contribution in [1.29, 1.82) is 0 Å². The van der Waals surface area contributed by atoms with Crippen molar-refractivity contribution in [2.45, 2.75) is 18.3 Å². The second-order valence-corrected chi connectivity index (χ2v) is 2.88. The lowest BCUT2D eigenvalue weighted by Crippen LogP contribution is -2.51. The molecule has 0 aromatic carbocycles. The molecule has 0 aromatic rings. The highest BCUT2D eigenvalue weighted by Gasteiger charge is 2.49. The summed E-state index contributed by atoms with van der Waals surface area (Å²) in [5, 5.41) is 19.5. The third-order valence-corrected chi connectivity index (χ3v) is 2.07. The first kappa shape index (κ1) is 6.87. The van der Waals surface area contributed by atoms with E-state index in [9.17, 15) is 15.0 Å². The van der Waals surface area contributed by atoms with Gasteiger partial charge in [0.2, 0.25) is 0 Å². The summed E-state index contributed by atoms with van der Waals surface area (Å²) in [6.07, 6.45) is -2.15. The van der Waals surface area contributed by atoms with E-state index in [1.165, 1.54) is 0 Å². The number of carboxylic acid groups (broad SMARTS) is 1. The van der Waals surface area contributed by atoms with Crippen LogP contribution in [0.15, 0.2) is 0 Å². The normalized spacial score (nSPS) is 41.5. The maximum absolute atomic E-state index is 10.3. The molecule has 0 spiro atoms. The van der Waals surface area contributed by atoms with Crippen LogP contribution in [0, 0.1) is 0 Å². The van der Waals surface area contributed by atoms with E-state index in [1.807, 2.05) is 0 Å². The number of ether oxygens (including phenoxy) is 1. The molecule has 3 unspecified atom stereocenters. The number of aliphatic hydroxyl groups excluding tert-OH is 1. The summed E-state index contributed by atoms with van der Waals surface area (Å²) >= 11 is 0. The van der Waals surface area contributed by atoms with Crippen molar-refractivity contribution < 1.29 is 19.7 Å². The molecule has 2 rings (SSSR count). The van der Waals surface area contributed by atoms with E-state index in [2.05, 4.69) is 0 Å². The number of carbonyl (C=O) groups is 1. The number of rotatable bonds is 0. The molecule has 5 nitrogen and oxygen atoms in total. The minimum atomic E-state index is -1.24. The lowest BCUT2D eigenvalue weighted by Gasteiger charge is -2.29. The average Bonchev–Trinajstić information content (AvgIpc) is 2.66. The van der Waals surface area contributed by atoms with Crippen molar-refractivity contribution >= 4 is 6.09 Å². The van der Waals surface area contributed by atoms with Gasteiger partial charge in [0.05, 0.1) is 0 Å². The van der Waals surface area contributed by atoms with Crippen molar-refractivity contribution in [3.63, 3.8) is 0 Å². The third kappa shape index (κ3) is 1.06. The fourth-order valence-electron chi connectivity index (χ4n) is 1.41. The number of hydrogen-bond acceptors (Lipinski definition) is 4. The quantitative estimate of drug-likeness (QED) is 0.405. The molecular weight excluding hydrogens is 150 g/mol. The highest BCUT2D eigenvalue weighted by atomic mass is 16.6. The SMILES string of the molecule is O=C([O-])N1CC(O)C2OC2C1. The molecule has 2 aliphatic heterocycles. The first-order valence-electron chi connectivity index (χ1n) is 3.48. The lowest BCUT2D eigenvalue weighted by molar-refractivity contribution is -0.267. The Morgan fingerprint density at radius 3 is 2.91 bits per heavy atom. The van der Waals surface area contributed by atoms with Crippen LogP contribution in [0.2, 0.25) is 0 Å². The summed E-state index contributed by atoms with van der Waals surface area (Å²) in [4.78, 5) is 11.4. The van der Waals surface area contributed by atoms with E-state index in [0.29, 0.717) is 6.54 Å². The first-order chi connectivity index (χ1) is 5.18. The Morgan fingerprint density at radius 2 is 2.36 bits per heavy atom. The molecule has 2 fully saturated rings. The molecule has 2 aliphatic rings. The molecule has 0 aliphatic carbocycles. The molecule has 62 valence electrons. The topological polar surface area (TPSA) is 76.1 Å². The van der Waals surface area contributed by atoms with Crippen LogP contribution >= 0.6 is 0 Å². The van der Waals surface area contributed by atoms with E-state index in [4.69, 9.17) is 4.74 Å². The summed E-state index contributed by atoms with van der Waals surface area (Å²) in [6.45, 7) is 0.452. The van der Waals surface area contributed by atoms with Crippen molar-refractivity contribution in [1.82, 2.24) is 4.90 Å². The number of epoxide rings is 1. The summed E-state index contributed by atoms with van der Waals surface area (Å²) in [5.41, 5.74) is 0. The van der Waals surface area contributed by atoms with Gasteiger partial charge in [0.1, 0.15) is 24.4 Å². The van der Waals surface area contributed by atoms with Crippen LogP contribution in [-0.4, -0.2) is 47.5 Å². The van der Waals surface area contributed by atoms with Gasteiger partial charge in [0.15, 0.2) is 0 Å². The molecule has 0 aromatic heterocycles. The van der Waals surface area contributed by atoms with Crippen molar-refractivity contribution in [2.24, 2.45) is 0 Å². The minimum absolute atomic E-state index is 0.100. The zero-order valence-corrected chi connectivity index (χ0v) is 5.77. The van der Waals surface area contributed by atoms with E-state index < -0.39 is 12.2 Å². The summed E-state index contributed by atoms with van der Waals surface area (Å²) in [5.74, 6) is 0. The maximum Gasteiger partial charge on any atom is 0.137 e. The van der Waals surface area contributed by atoms with Gasteiger partial charge in [0, 0.05) is 13.1 Å². The number of β-amino-alcohol motifs (C(OH)–C–C–N with tert-alkyl or cyclic N) is 1. The van der Waals surface area contributed by atoms with Crippen molar-refractivity contribution in [3.8, 4) is 0 Å². The third-order valence-electron chi connectivity index (χ3n) is 2.07. The molecule has 3 atom stereocenters. The Balaban J connectivity index is 2.00. The highest BCUT2D eigenvalue weighted by Crippen LogP contribution is 2.30. The highest BCUT2D eigenvalue weighted by molar-refractivity contribution is 5.63. The van der Waals surface area contributed by atoms with Gasteiger partial charge in [-0.05, 0) is 0 Å². The van der Waals surface area contributed by atoms with E-state index in [0.717, 1.165) is 4.90 Å². The Morgan fingerprint density at radius 1 is 1.64 bits per heavy atom. The molecule has 0 radical (unpaired) electrons. The molecule has 11 heavy (non-hydrogen) atoms. The molecule has 5 heteroatoms. The largest absolute Gasteiger partial charge is 0.530 e. The van der Waals surface area contributed by atoms with E-state index in [1.54, 1.807) is 0 Å². The van der Waals surface area contributed by atoms with Gasteiger partial charge in [-0.25, -0.2) is 0 Å². The van der Waals surface area contributed by atoms with Crippen LogP contribution < -0.4 is 5.11 Å². The molecule has 0 saturated carbocycles. The van der Waals surface area contributed by atoms with Gasteiger partial charge in [0.25, 0.3) is 0 Å². The Bertz CT molecular complexity index is 195. The molecule has 0 bridgehead atoms. The predicted molar refractivity (Wildman–Crippen MR) is 31.6 cm³/mol. The van der Waals surface area contributed by atoms with Gasteiger partial charge in [-0.2, -0.15) is 0 Å². The maximum atomic E-state index is 10.3. The van der Waals surface area contributed by atoms with Crippen LogP contribution in [0.5, 0.6) is 0 Å². The molecule has 2 saturated heterocycles. The van der Waals surface area contributed by atoms with Crippen LogP contribution in [0.1, 0.15) is 0 Å². The van der Waals surface area contributed by atoms with Gasteiger partial charge in [-0.15, -0.1) is 0 Å². The van der Waals surface area contributed by atoms with Crippen LogP contribution in [0.25, 0.3) is 0 Å². The standard InChI is InChI=1S/C6H9NO4/c8-3-1-7(6(9)10)2-4-5(3)11-4/h3-5,8H,1-2H2,(H,9,10)/p-1. The second kappa shape index (κ2) is 2.09. The van der Waals surface area contributed by atoms with Gasteiger partial charge >= 0.3 is 0 Å². The van der Waals surface area contributed by atoms with Crippen molar-refractivity contribution in [2.75, 3.05) is 13.1 Å². The predicted octanol–water partition coefficient (Wildman–Crippen LogP) is -2.23. The number of likely N-dealkylation sites (tertiary alicyclic amines) is 1. The van der Waals surface area contributed by atoms with E-state index >= 15 is 0 Å². The lowest BCUT2D eigenvalue weighted by atomic mass is 10.1. The Hall–Kier alpha value is -0.810. The molecule has 2 heterocycles. The smallest absolute Gasteiger partial charge is 0.137 e. The van der Waals surface area contributed by atoms with Gasteiger partial charge in [-0.3, -0.25) is 0 Å². The number of aliphatic hydroxyl groups is 1. The summed E-state index contributed by atoms with van der Waals surface area (Å²) in [6, 6.07) is 0. The number of piperidine rings is 1. The van der Waals surface area contributed by atoms with Gasteiger partial charge < -0.3 is 24.6 Å². The minimum Gasteiger partial charge on any atom is -0.530 e. The van der Waals surface area contributed by atoms with Crippen LogP contribution in [0.4, 0.5) is 4.79 Å². The fourth-order valence-corrected chi connectivity index (χ4v) is 1.41. The zero-order valence-electron chi connectivity index (χ0n) is 5.77. The Kier molecular flexibility index (Phi) is 1.30. The number of carbonyl (C=O) groups excluding carboxylic acids is 1.